The van der Waals surface area contributed by atoms with E-state index < -0.39 is 0 Å². The lowest BCUT2D eigenvalue weighted by Crippen LogP contribution is -2.38. The highest BCUT2D eigenvalue weighted by molar-refractivity contribution is 5.84. The molecule has 0 saturated heterocycles. The monoisotopic (exact) mass is 295 g/mol. The first-order chi connectivity index (χ1) is 9.93. The van der Waals surface area contributed by atoms with Crippen LogP contribution in [0.15, 0.2) is 9.41 Å². The lowest BCUT2D eigenvalue weighted by molar-refractivity contribution is -0.127. The molecule has 0 aliphatic rings. The third kappa shape index (κ3) is 5.85. The third-order valence-electron chi connectivity index (χ3n) is 2.89. The lowest BCUT2D eigenvalue weighted by atomic mass is 10.4. The number of aliphatic imine (C=N–C) groups is 1. The summed E-state index contributed by atoms with van der Waals surface area (Å²) in [5.74, 6) is 1.96. The molecular formula is C14H25N5O2. The Morgan fingerprint density at radius 2 is 2.05 bits per heavy atom. The summed E-state index contributed by atoms with van der Waals surface area (Å²) in [7, 11) is 3.42. The number of aromatic nitrogens is 1. The molecule has 0 atom stereocenters. The second kappa shape index (κ2) is 8.28. The van der Waals surface area contributed by atoms with E-state index >= 15 is 0 Å². The number of carbonyl (C=O) groups is 1. The molecule has 1 heterocycles. The molecule has 1 amide bonds. The second-order valence-electron chi connectivity index (χ2n) is 4.98. The smallest absolute Gasteiger partial charge is 0.243 e. The summed E-state index contributed by atoms with van der Waals surface area (Å²) >= 11 is 0. The van der Waals surface area contributed by atoms with Crippen LogP contribution in [0, 0.1) is 13.8 Å². The zero-order valence-electron chi connectivity index (χ0n) is 13.5. The fourth-order valence-electron chi connectivity index (χ4n) is 1.48. The molecule has 7 heteroatoms. The first kappa shape index (κ1) is 17.0. The van der Waals surface area contributed by atoms with Crippen molar-refractivity contribution >= 4 is 11.9 Å². The van der Waals surface area contributed by atoms with Crippen molar-refractivity contribution in [3.05, 3.63) is 17.3 Å². The van der Waals surface area contributed by atoms with Crippen LogP contribution < -0.4 is 10.6 Å². The van der Waals surface area contributed by atoms with E-state index in [1.165, 1.54) is 4.90 Å². The number of guanidine groups is 1. The fourth-order valence-corrected chi connectivity index (χ4v) is 1.48. The molecule has 0 bridgehead atoms. The van der Waals surface area contributed by atoms with Crippen molar-refractivity contribution in [2.24, 2.45) is 4.99 Å². The van der Waals surface area contributed by atoms with Gasteiger partial charge in [0, 0.05) is 20.6 Å². The van der Waals surface area contributed by atoms with Gasteiger partial charge in [-0.05, 0) is 20.3 Å². The molecule has 0 unspecified atom stereocenters. The van der Waals surface area contributed by atoms with E-state index in [0.717, 1.165) is 24.4 Å². The van der Waals surface area contributed by atoms with Crippen molar-refractivity contribution in [1.82, 2.24) is 20.5 Å². The number of nitrogens with zero attached hydrogens (tertiary/aromatic N) is 3. The SMILES string of the molecule is CCCNC(=NCC(=O)N(C)C)NCc1nc(C)c(C)o1. The highest BCUT2D eigenvalue weighted by Crippen LogP contribution is 2.07. The first-order valence-electron chi connectivity index (χ1n) is 7.09. The van der Waals surface area contributed by atoms with E-state index in [9.17, 15) is 4.79 Å². The zero-order chi connectivity index (χ0) is 15.8. The van der Waals surface area contributed by atoms with Crippen LogP contribution in [0.1, 0.15) is 30.7 Å². The lowest BCUT2D eigenvalue weighted by Gasteiger charge is -2.12. The summed E-state index contributed by atoms with van der Waals surface area (Å²) in [4.78, 5) is 21.7. The molecule has 1 aromatic heterocycles. The molecule has 0 aromatic carbocycles. The van der Waals surface area contributed by atoms with Gasteiger partial charge in [0.05, 0.1) is 12.2 Å². The van der Waals surface area contributed by atoms with E-state index in [0.29, 0.717) is 18.4 Å². The Hall–Kier alpha value is -2.05. The van der Waals surface area contributed by atoms with E-state index in [2.05, 4.69) is 27.5 Å². The Morgan fingerprint density at radius 3 is 2.57 bits per heavy atom. The number of amides is 1. The number of rotatable bonds is 6. The molecule has 2 N–H and O–H groups in total. The van der Waals surface area contributed by atoms with Gasteiger partial charge in [-0.15, -0.1) is 0 Å². The molecule has 0 saturated carbocycles. The van der Waals surface area contributed by atoms with Gasteiger partial charge in [0.15, 0.2) is 5.96 Å². The molecule has 7 nitrogen and oxygen atoms in total. The quantitative estimate of drug-likeness (QED) is 0.600. The molecule has 0 aliphatic carbocycles. The summed E-state index contributed by atoms with van der Waals surface area (Å²) in [6.07, 6.45) is 0.972. The zero-order valence-corrected chi connectivity index (χ0v) is 13.5. The van der Waals surface area contributed by atoms with Gasteiger partial charge in [0.2, 0.25) is 11.8 Å². The maximum absolute atomic E-state index is 11.6. The van der Waals surface area contributed by atoms with Crippen molar-refractivity contribution < 1.29 is 9.21 Å². The molecule has 1 rings (SSSR count). The van der Waals surface area contributed by atoms with Crippen LogP contribution in [-0.4, -0.2) is 48.9 Å². The Kier molecular flexibility index (Phi) is 6.71. The number of oxazole rings is 1. The summed E-state index contributed by atoms with van der Waals surface area (Å²) < 4.78 is 5.50. The normalized spacial score (nSPS) is 11.4. The van der Waals surface area contributed by atoms with E-state index in [4.69, 9.17) is 4.42 Å². The largest absolute Gasteiger partial charge is 0.444 e. The molecular weight excluding hydrogens is 270 g/mol. The van der Waals surface area contributed by atoms with Crippen molar-refractivity contribution in [3.8, 4) is 0 Å². The maximum atomic E-state index is 11.6. The van der Waals surface area contributed by atoms with E-state index in [-0.39, 0.29) is 12.5 Å². The van der Waals surface area contributed by atoms with Crippen LogP contribution >= 0.6 is 0 Å². The van der Waals surface area contributed by atoms with E-state index in [1.54, 1.807) is 14.1 Å². The standard InChI is InChI=1S/C14H25N5O2/c1-6-7-15-14(17-9-13(20)19(4)5)16-8-12-18-10(2)11(3)21-12/h6-9H2,1-5H3,(H2,15,16,17). The van der Waals surface area contributed by atoms with Gasteiger partial charge >= 0.3 is 0 Å². The molecule has 0 spiro atoms. The van der Waals surface area contributed by atoms with Gasteiger partial charge in [-0.25, -0.2) is 9.98 Å². The van der Waals surface area contributed by atoms with Gasteiger partial charge in [-0.1, -0.05) is 6.92 Å². The van der Waals surface area contributed by atoms with Gasteiger partial charge in [0.25, 0.3) is 0 Å². The van der Waals surface area contributed by atoms with Crippen LogP contribution in [0.2, 0.25) is 0 Å². The molecule has 21 heavy (non-hydrogen) atoms. The fraction of sp³-hybridized carbons (Fsp3) is 0.643. The van der Waals surface area contributed by atoms with Crippen molar-refractivity contribution in [1.29, 1.82) is 0 Å². The van der Waals surface area contributed by atoms with Gasteiger partial charge < -0.3 is 20.0 Å². The van der Waals surface area contributed by atoms with Crippen LogP contribution in [0.25, 0.3) is 0 Å². The Labute approximate surface area is 125 Å². The average molecular weight is 295 g/mol. The van der Waals surface area contributed by atoms with Gasteiger partial charge in [-0.2, -0.15) is 0 Å². The number of hydrogen-bond acceptors (Lipinski definition) is 4. The predicted molar refractivity (Wildman–Crippen MR) is 82.1 cm³/mol. The summed E-state index contributed by atoms with van der Waals surface area (Å²) in [6.45, 7) is 7.17. The number of aryl methyl sites for hydroxylation is 2. The van der Waals surface area contributed by atoms with Crippen LogP contribution in [0.5, 0.6) is 0 Å². The van der Waals surface area contributed by atoms with Crippen molar-refractivity contribution in [2.45, 2.75) is 33.7 Å². The summed E-state index contributed by atoms with van der Waals surface area (Å²) in [5, 5.41) is 6.27. The summed E-state index contributed by atoms with van der Waals surface area (Å²) in [5.41, 5.74) is 0.884. The maximum Gasteiger partial charge on any atom is 0.243 e. The van der Waals surface area contributed by atoms with E-state index in [1.807, 2.05) is 13.8 Å². The average Bonchev–Trinajstić information content (AvgIpc) is 2.76. The van der Waals surface area contributed by atoms with Crippen LogP contribution in [-0.2, 0) is 11.3 Å². The number of carbonyl (C=O) groups excluding carboxylic acids is 1. The van der Waals surface area contributed by atoms with Gasteiger partial charge in [-0.3, -0.25) is 4.79 Å². The number of likely N-dealkylation sites (N-methyl/N-ethyl adjacent to an activating group) is 1. The molecule has 0 aliphatic heterocycles. The van der Waals surface area contributed by atoms with Gasteiger partial charge in [0.1, 0.15) is 12.3 Å². The minimum atomic E-state index is -0.0459. The highest BCUT2D eigenvalue weighted by Gasteiger charge is 2.07. The Bertz CT molecular complexity index is 474. The molecule has 0 fully saturated rings. The molecule has 0 radical (unpaired) electrons. The Morgan fingerprint density at radius 1 is 1.33 bits per heavy atom. The van der Waals surface area contributed by atoms with Crippen LogP contribution in [0.4, 0.5) is 0 Å². The Balaban J connectivity index is 2.60. The molecule has 118 valence electrons. The summed E-state index contributed by atoms with van der Waals surface area (Å²) in [6, 6.07) is 0. The first-order valence-corrected chi connectivity index (χ1v) is 7.09. The third-order valence-corrected chi connectivity index (χ3v) is 2.89. The number of nitrogens with one attached hydrogen (secondary N) is 2. The topological polar surface area (TPSA) is 82.8 Å². The second-order valence-corrected chi connectivity index (χ2v) is 4.98. The molecule has 1 aromatic rings. The predicted octanol–water partition coefficient (Wildman–Crippen LogP) is 0.825. The minimum absolute atomic E-state index is 0.0459. The highest BCUT2D eigenvalue weighted by atomic mass is 16.4. The minimum Gasteiger partial charge on any atom is -0.444 e. The van der Waals surface area contributed by atoms with Crippen molar-refractivity contribution in [2.75, 3.05) is 27.2 Å². The number of hydrogen-bond donors (Lipinski definition) is 2. The van der Waals surface area contributed by atoms with Crippen LogP contribution in [0.3, 0.4) is 0 Å². The van der Waals surface area contributed by atoms with Crippen molar-refractivity contribution in [3.63, 3.8) is 0 Å².